The van der Waals surface area contributed by atoms with Gasteiger partial charge < -0.3 is 15.5 Å². The Kier molecular flexibility index (Phi) is 7.15. The zero-order valence-corrected chi connectivity index (χ0v) is 24.0. The van der Waals surface area contributed by atoms with Gasteiger partial charge in [0, 0.05) is 29.1 Å². The minimum Gasteiger partial charge on any atom is -0.382 e. The molecule has 2 aromatic rings. The molecule has 2 N–H and O–H groups in total. The number of alkyl halides is 3. The van der Waals surface area contributed by atoms with Crippen molar-refractivity contribution in [2.75, 3.05) is 11.6 Å². The first-order chi connectivity index (χ1) is 19.0. The van der Waals surface area contributed by atoms with E-state index in [1.165, 1.54) is 23.1 Å². The highest BCUT2D eigenvalue weighted by molar-refractivity contribution is 7.90. The molecule has 1 aliphatic heterocycles. The van der Waals surface area contributed by atoms with Crippen molar-refractivity contribution >= 4 is 27.3 Å². The van der Waals surface area contributed by atoms with Crippen molar-refractivity contribution in [2.45, 2.75) is 81.2 Å². The Morgan fingerprint density at radius 3 is 2.34 bits per heavy atom. The molecule has 0 bridgehead atoms. The van der Waals surface area contributed by atoms with Crippen molar-refractivity contribution in [3.8, 4) is 0 Å². The maximum atomic E-state index is 14.9. The summed E-state index contributed by atoms with van der Waals surface area (Å²) in [6, 6.07) is 4.79. The molecular formula is C29H33F4N3O4S. The monoisotopic (exact) mass is 595 g/mol. The molecule has 0 aromatic heterocycles. The average molecular weight is 596 g/mol. The standard InChI is InChI=1S/C29H33F4N3O4S/c1-15(2)34-23-10-8-19(41(4,39)40)13-21(23)27(38)36-24(12-18-14-28(18,36)3)26(37)35-25(16-5-6-16)20-9-7-17(11-22(20)30)29(31,32)33/h7-11,13,15-16,18,24-25,34H,5-6,12,14H2,1-4H3,(H,35,37)/t18-,24+,25+,28+/m0/s1. The molecule has 4 atom stereocenters. The van der Waals surface area contributed by atoms with Crippen molar-refractivity contribution in [1.82, 2.24) is 10.2 Å². The zero-order valence-electron chi connectivity index (χ0n) is 23.2. The molecule has 12 heteroatoms. The molecule has 1 saturated heterocycles. The van der Waals surface area contributed by atoms with Crippen LogP contribution in [0.2, 0.25) is 0 Å². The summed E-state index contributed by atoms with van der Waals surface area (Å²) in [5.41, 5.74) is -1.18. The summed E-state index contributed by atoms with van der Waals surface area (Å²) in [6.07, 6.45) is -1.23. The number of likely N-dealkylation sites (tertiary alicyclic amines) is 1. The van der Waals surface area contributed by atoms with Gasteiger partial charge in [0.15, 0.2) is 9.84 Å². The topological polar surface area (TPSA) is 95.6 Å². The molecule has 2 amide bonds. The van der Waals surface area contributed by atoms with Gasteiger partial charge in [-0.25, -0.2) is 12.8 Å². The number of hydrogen-bond acceptors (Lipinski definition) is 5. The van der Waals surface area contributed by atoms with Crippen LogP contribution in [0.4, 0.5) is 23.2 Å². The molecular weight excluding hydrogens is 562 g/mol. The molecule has 3 aliphatic rings. The van der Waals surface area contributed by atoms with Crippen molar-refractivity contribution in [3.05, 3.63) is 58.9 Å². The van der Waals surface area contributed by atoms with E-state index in [0.717, 1.165) is 18.4 Å². The second kappa shape index (κ2) is 9.99. The van der Waals surface area contributed by atoms with E-state index < -0.39 is 56.8 Å². The Balaban J connectivity index is 1.46. The fraction of sp³-hybridized carbons (Fsp3) is 0.517. The van der Waals surface area contributed by atoms with Gasteiger partial charge in [0.25, 0.3) is 5.91 Å². The van der Waals surface area contributed by atoms with Crippen LogP contribution in [0.15, 0.2) is 41.3 Å². The van der Waals surface area contributed by atoms with Crippen LogP contribution in [0.3, 0.4) is 0 Å². The number of rotatable bonds is 8. The van der Waals surface area contributed by atoms with Gasteiger partial charge in [-0.2, -0.15) is 13.2 Å². The predicted molar refractivity (Wildman–Crippen MR) is 144 cm³/mol. The highest BCUT2D eigenvalue weighted by Crippen LogP contribution is 2.58. The highest BCUT2D eigenvalue weighted by atomic mass is 32.2. The van der Waals surface area contributed by atoms with Crippen LogP contribution in [-0.2, 0) is 20.8 Å². The lowest BCUT2D eigenvalue weighted by atomic mass is 9.98. The third kappa shape index (κ3) is 5.67. The maximum absolute atomic E-state index is 14.9. The highest BCUT2D eigenvalue weighted by Gasteiger charge is 2.65. The van der Waals surface area contributed by atoms with Gasteiger partial charge in [-0.15, -0.1) is 0 Å². The van der Waals surface area contributed by atoms with E-state index in [1.54, 1.807) is 0 Å². The molecule has 2 aromatic carbocycles. The normalized spacial score (nSPS) is 24.7. The summed E-state index contributed by atoms with van der Waals surface area (Å²) < 4.78 is 78.8. The minimum absolute atomic E-state index is 0.0228. The smallest absolute Gasteiger partial charge is 0.382 e. The first kappa shape index (κ1) is 29.3. The SMILES string of the molecule is CC(C)Nc1ccc(S(C)(=O)=O)cc1C(=O)N1[C@@H](C(=O)N[C@@H](c2ccc(C(F)(F)F)cc2F)C2CC2)C[C@H]2C[C@]21C. The molecule has 3 fully saturated rings. The number of sulfone groups is 1. The number of anilines is 1. The number of benzene rings is 2. The van der Waals surface area contributed by atoms with Crippen molar-refractivity contribution in [1.29, 1.82) is 0 Å². The maximum Gasteiger partial charge on any atom is 0.416 e. The van der Waals surface area contributed by atoms with Crippen LogP contribution >= 0.6 is 0 Å². The second-order valence-corrected chi connectivity index (χ2v) is 14.0. The van der Waals surface area contributed by atoms with E-state index in [9.17, 15) is 35.6 Å². The van der Waals surface area contributed by atoms with Gasteiger partial charge in [-0.1, -0.05) is 6.07 Å². The van der Waals surface area contributed by atoms with Crippen molar-refractivity contribution in [3.63, 3.8) is 0 Å². The molecule has 2 saturated carbocycles. The summed E-state index contributed by atoms with van der Waals surface area (Å²) in [6.45, 7) is 5.63. The molecule has 0 unspecified atom stereocenters. The van der Waals surface area contributed by atoms with E-state index in [1.807, 2.05) is 20.8 Å². The first-order valence-corrected chi connectivity index (χ1v) is 15.5. The van der Waals surface area contributed by atoms with E-state index in [4.69, 9.17) is 0 Å². The number of piperidine rings is 1. The number of hydrogen-bond donors (Lipinski definition) is 2. The quantitative estimate of drug-likeness (QED) is 0.403. The third-order valence-corrected chi connectivity index (χ3v) is 9.53. The lowest BCUT2D eigenvalue weighted by molar-refractivity contribution is -0.137. The fourth-order valence-corrected chi connectivity index (χ4v) is 6.63. The molecule has 0 radical (unpaired) electrons. The molecule has 0 spiro atoms. The van der Waals surface area contributed by atoms with Crippen LogP contribution in [0.1, 0.15) is 74.0 Å². The van der Waals surface area contributed by atoms with Gasteiger partial charge in [0.1, 0.15) is 11.9 Å². The van der Waals surface area contributed by atoms with Crippen molar-refractivity contribution < 1.29 is 35.6 Å². The van der Waals surface area contributed by atoms with Crippen LogP contribution in [-0.4, -0.2) is 49.0 Å². The predicted octanol–water partition coefficient (Wildman–Crippen LogP) is 5.33. The van der Waals surface area contributed by atoms with Gasteiger partial charge in [0.2, 0.25) is 5.91 Å². The number of amides is 2. The number of nitrogens with one attached hydrogen (secondary N) is 2. The Labute approximate surface area is 236 Å². The number of carbonyl (C=O) groups excluding carboxylic acids is 2. The lowest BCUT2D eigenvalue weighted by Gasteiger charge is -2.33. The van der Waals surface area contributed by atoms with Gasteiger partial charge >= 0.3 is 6.18 Å². The first-order valence-electron chi connectivity index (χ1n) is 13.6. The summed E-state index contributed by atoms with van der Waals surface area (Å²) in [5, 5.41) is 6.02. The molecule has 7 nitrogen and oxygen atoms in total. The Morgan fingerprint density at radius 1 is 1.10 bits per heavy atom. The molecule has 2 aliphatic carbocycles. The molecule has 41 heavy (non-hydrogen) atoms. The number of nitrogens with zero attached hydrogens (tertiary/aromatic N) is 1. The molecule has 222 valence electrons. The Morgan fingerprint density at radius 2 is 1.78 bits per heavy atom. The van der Waals surface area contributed by atoms with E-state index in [-0.39, 0.29) is 33.9 Å². The summed E-state index contributed by atoms with van der Waals surface area (Å²) in [7, 11) is -3.63. The number of halogens is 4. The summed E-state index contributed by atoms with van der Waals surface area (Å²) in [4.78, 5) is 29.3. The van der Waals surface area contributed by atoms with Gasteiger partial charge in [0.05, 0.1) is 22.1 Å². The van der Waals surface area contributed by atoms with E-state index in [2.05, 4.69) is 10.6 Å². The number of carbonyl (C=O) groups is 2. The number of fused-ring (bicyclic) bond motifs is 1. The van der Waals surface area contributed by atoms with E-state index >= 15 is 0 Å². The van der Waals surface area contributed by atoms with Crippen LogP contribution in [0.25, 0.3) is 0 Å². The zero-order chi connectivity index (χ0) is 30.1. The summed E-state index contributed by atoms with van der Waals surface area (Å²) in [5.74, 6) is -2.13. The second-order valence-electron chi connectivity index (χ2n) is 12.0. The molecule has 1 heterocycles. The van der Waals surface area contributed by atoms with Crippen molar-refractivity contribution in [2.24, 2.45) is 11.8 Å². The third-order valence-electron chi connectivity index (χ3n) is 8.42. The van der Waals surface area contributed by atoms with E-state index in [0.29, 0.717) is 37.4 Å². The summed E-state index contributed by atoms with van der Waals surface area (Å²) >= 11 is 0. The van der Waals surface area contributed by atoms with Crippen LogP contribution in [0.5, 0.6) is 0 Å². The largest absolute Gasteiger partial charge is 0.416 e. The molecule has 5 rings (SSSR count). The van der Waals surface area contributed by atoms with Gasteiger partial charge in [-0.3, -0.25) is 9.59 Å². The Bertz CT molecular complexity index is 1510. The van der Waals surface area contributed by atoms with Crippen LogP contribution in [0, 0.1) is 17.7 Å². The lowest BCUT2D eigenvalue weighted by Crippen LogP contribution is -2.52. The minimum atomic E-state index is -4.70. The van der Waals surface area contributed by atoms with Crippen LogP contribution < -0.4 is 10.6 Å². The Hall–Kier alpha value is -3.15. The fourth-order valence-electron chi connectivity index (χ4n) is 5.98. The van der Waals surface area contributed by atoms with Gasteiger partial charge in [-0.05, 0) is 88.6 Å². The average Bonchev–Trinajstić information content (AvgIpc) is 3.78.